The topological polar surface area (TPSA) is 92.5 Å². The minimum absolute atomic E-state index is 0.161. The SMILES string of the molecule is Bc1c(N)c2c(c(B)c1F)C(=O)N(C1CCC(=O)NC1=O)C2(B)B. The Bertz CT molecular complexity index is 814. The molecule has 11 heteroatoms. The highest BCUT2D eigenvalue weighted by atomic mass is 19.1. The number of imide groups is 1. The number of rotatable bonds is 1. The van der Waals surface area contributed by atoms with Gasteiger partial charge in [0, 0.05) is 23.0 Å². The fourth-order valence-electron chi connectivity index (χ4n) is 3.88. The van der Waals surface area contributed by atoms with Crippen LogP contribution in [0, 0.1) is 5.82 Å². The number of fused-ring (bicyclic) bond motifs is 1. The summed E-state index contributed by atoms with van der Waals surface area (Å²) in [6, 6.07) is -0.778. The molecule has 0 spiro atoms. The summed E-state index contributed by atoms with van der Waals surface area (Å²) in [5.41, 5.74) is 7.67. The van der Waals surface area contributed by atoms with Crippen molar-refractivity contribution in [3.05, 3.63) is 16.9 Å². The van der Waals surface area contributed by atoms with Crippen LogP contribution in [0.15, 0.2) is 0 Å². The van der Waals surface area contributed by atoms with Crippen molar-refractivity contribution in [2.75, 3.05) is 5.73 Å². The molecule has 2 aliphatic heterocycles. The third-order valence-electron chi connectivity index (χ3n) is 5.13. The minimum atomic E-state index is -0.873. The molecule has 2 heterocycles. The van der Waals surface area contributed by atoms with Crippen molar-refractivity contribution in [2.24, 2.45) is 0 Å². The Morgan fingerprint density at radius 3 is 2.42 bits per heavy atom. The highest BCUT2D eigenvalue weighted by molar-refractivity contribution is 6.49. The van der Waals surface area contributed by atoms with E-state index in [-0.39, 0.29) is 35.5 Å². The molecule has 1 aromatic rings. The second-order valence-electron chi connectivity index (χ2n) is 6.93. The van der Waals surface area contributed by atoms with Gasteiger partial charge in [0.1, 0.15) is 43.2 Å². The standard InChI is InChI=1S/C13H16B4FN3O3/c14-7-5-6(10(19)8(15)9(7)18)13(16,17)21(12(5)24)3-1-2-4(22)20-11(3)23/h3H,1-2,14-17,19H2,(H,20,22,23). The second-order valence-corrected chi connectivity index (χ2v) is 6.93. The Balaban J connectivity index is 2.18. The fraction of sp³-hybridized carbons (Fsp3) is 0.308. The van der Waals surface area contributed by atoms with Crippen LogP contribution in [0.4, 0.5) is 10.1 Å². The van der Waals surface area contributed by atoms with E-state index in [0.717, 1.165) is 0 Å². The van der Waals surface area contributed by atoms with E-state index < -0.39 is 29.0 Å². The molecule has 24 heavy (non-hydrogen) atoms. The van der Waals surface area contributed by atoms with Crippen molar-refractivity contribution in [1.82, 2.24) is 10.2 Å². The summed E-state index contributed by atoms with van der Waals surface area (Å²) in [6.45, 7) is 0. The van der Waals surface area contributed by atoms with Gasteiger partial charge in [0.2, 0.25) is 11.8 Å². The molecule has 1 aromatic carbocycles. The summed E-state index contributed by atoms with van der Waals surface area (Å²) in [4.78, 5) is 38.1. The lowest BCUT2D eigenvalue weighted by Gasteiger charge is -2.40. The molecule has 1 atom stereocenters. The lowest BCUT2D eigenvalue weighted by atomic mass is 9.56. The van der Waals surface area contributed by atoms with E-state index in [1.54, 1.807) is 31.4 Å². The maximum atomic E-state index is 14.4. The monoisotopic (exact) mass is 325 g/mol. The highest BCUT2D eigenvalue weighted by Crippen LogP contribution is 2.39. The highest BCUT2D eigenvalue weighted by Gasteiger charge is 2.51. The smallest absolute Gasteiger partial charge is 0.253 e. The van der Waals surface area contributed by atoms with Crippen LogP contribution in [-0.4, -0.2) is 60.0 Å². The zero-order valence-corrected chi connectivity index (χ0v) is 14.1. The summed E-state index contributed by atoms with van der Waals surface area (Å²) in [6.07, 6.45) is 0.405. The number of halogens is 1. The van der Waals surface area contributed by atoms with Gasteiger partial charge >= 0.3 is 0 Å². The quantitative estimate of drug-likeness (QED) is 0.306. The molecule has 0 saturated carbocycles. The van der Waals surface area contributed by atoms with Gasteiger partial charge in [0.15, 0.2) is 0 Å². The first-order valence-corrected chi connectivity index (χ1v) is 7.85. The van der Waals surface area contributed by atoms with Crippen LogP contribution in [0.25, 0.3) is 0 Å². The van der Waals surface area contributed by atoms with E-state index in [4.69, 9.17) is 5.73 Å². The third-order valence-corrected chi connectivity index (χ3v) is 5.13. The molecule has 0 bridgehead atoms. The van der Waals surface area contributed by atoms with E-state index in [9.17, 15) is 18.8 Å². The van der Waals surface area contributed by atoms with Crippen molar-refractivity contribution in [3.8, 4) is 0 Å². The first-order chi connectivity index (χ1) is 11.1. The number of nitrogens with one attached hydrogen (secondary N) is 1. The van der Waals surface area contributed by atoms with Crippen molar-refractivity contribution in [3.63, 3.8) is 0 Å². The number of hydrogen-bond donors (Lipinski definition) is 2. The lowest BCUT2D eigenvalue weighted by Crippen LogP contribution is -2.59. The number of nitrogen functional groups attached to an aromatic ring is 1. The predicted octanol–water partition coefficient (Wildman–Crippen LogP) is -5.44. The van der Waals surface area contributed by atoms with E-state index in [0.29, 0.717) is 11.0 Å². The molecule has 0 aliphatic carbocycles. The summed E-state index contributed by atoms with van der Waals surface area (Å²) in [5, 5.41) is 1.39. The summed E-state index contributed by atoms with van der Waals surface area (Å²) < 4.78 is 14.4. The molecule has 120 valence electrons. The predicted molar refractivity (Wildman–Crippen MR) is 98.3 cm³/mol. The average molecular weight is 325 g/mol. The minimum Gasteiger partial charge on any atom is -0.399 e. The number of amides is 3. The van der Waals surface area contributed by atoms with Crippen LogP contribution in [0.2, 0.25) is 0 Å². The van der Waals surface area contributed by atoms with Gasteiger partial charge in [-0.25, -0.2) is 4.39 Å². The van der Waals surface area contributed by atoms with Crippen LogP contribution in [0.1, 0.15) is 28.8 Å². The Morgan fingerprint density at radius 2 is 1.83 bits per heavy atom. The molecule has 1 saturated heterocycles. The van der Waals surface area contributed by atoms with Gasteiger partial charge in [-0.3, -0.25) is 19.7 Å². The van der Waals surface area contributed by atoms with Gasteiger partial charge in [-0.1, -0.05) is 0 Å². The Morgan fingerprint density at radius 1 is 1.21 bits per heavy atom. The number of anilines is 1. The van der Waals surface area contributed by atoms with Crippen molar-refractivity contribution < 1.29 is 18.8 Å². The molecule has 2 aliphatic rings. The Kier molecular flexibility index (Phi) is 3.58. The van der Waals surface area contributed by atoms with Gasteiger partial charge in [0.05, 0.1) is 0 Å². The fourth-order valence-corrected chi connectivity index (χ4v) is 3.88. The molecular formula is C13H16B4FN3O3. The number of benzene rings is 1. The number of nitrogens with zero attached hydrogens (tertiary/aromatic N) is 1. The Hall–Kier alpha value is -2.18. The molecule has 6 nitrogen and oxygen atoms in total. The van der Waals surface area contributed by atoms with Crippen molar-refractivity contribution in [2.45, 2.75) is 24.2 Å². The number of carbonyl (C=O) groups is 3. The van der Waals surface area contributed by atoms with Gasteiger partial charge in [-0.15, -0.1) is 0 Å². The zero-order valence-electron chi connectivity index (χ0n) is 14.1. The van der Waals surface area contributed by atoms with E-state index >= 15 is 0 Å². The normalized spacial score (nSPS) is 22.5. The number of nitrogens with two attached hydrogens (primary N) is 1. The van der Waals surface area contributed by atoms with Gasteiger partial charge < -0.3 is 10.6 Å². The average Bonchev–Trinajstić information content (AvgIpc) is 2.70. The lowest BCUT2D eigenvalue weighted by molar-refractivity contribution is -0.137. The third kappa shape index (κ3) is 2.03. The number of hydrogen-bond acceptors (Lipinski definition) is 4. The molecule has 1 unspecified atom stereocenters. The van der Waals surface area contributed by atoms with Crippen LogP contribution >= 0.6 is 0 Å². The first kappa shape index (κ1) is 16.7. The van der Waals surface area contributed by atoms with Crippen LogP contribution in [0.5, 0.6) is 0 Å². The van der Waals surface area contributed by atoms with Gasteiger partial charge in [-0.2, -0.15) is 0 Å². The van der Waals surface area contributed by atoms with Crippen molar-refractivity contribution in [1.29, 1.82) is 0 Å². The first-order valence-electron chi connectivity index (χ1n) is 7.85. The van der Waals surface area contributed by atoms with E-state index in [1.807, 2.05) is 0 Å². The van der Waals surface area contributed by atoms with Crippen LogP contribution in [-0.2, 0) is 14.9 Å². The molecule has 3 N–H and O–H groups in total. The summed E-state index contributed by atoms with van der Waals surface area (Å²) in [5.74, 6) is -1.78. The summed E-state index contributed by atoms with van der Waals surface area (Å²) >= 11 is 0. The molecule has 0 aromatic heterocycles. The molecule has 0 radical (unpaired) electrons. The van der Waals surface area contributed by atoms with Crippen LogP contribution in [0.3, 0.4) is 0 Å². The van der Waals surface area contributed by atoms with E-state index in [2.05, 4.69) is 5.32 Å². The van der Waals surface area contributed by atoms with Gasteiger partial charge in [-0.05, 0) is 22.9 Å². The number of carbonyl (C=O) groups excluding carboxylic acids is 3. The van der Waals surface area contributed by atoms with E-state index in [1.165, 1.54) is 4.90 Å². The largest absolute Gasteiger partial charge is 0.399 e. The second kappa shape index (κ2) is 5.16. The molecule has 1 fully saturated rings. The van der Waals surface area contributed by atoms with Crippen LogP contribution < -0.4 is 22.0 Å². The molecule has 3 amide bonds. The Labute approximate surface area is 142 Å². The van der Waals surface area contributed by atoms with Crippen molar-refractivity contribution >= 4 is 65.7 Å². The van der Waals surface area contributed by atoms with Gasteiger partial charge in [0.25, 0.3) is 5.91 Å². The number of piperidine rings is 1. The zero-order chi connectivity index (χ0) is 18.0. The summed E-state index contributed by atoms with van der Waals surface area (Å²) in [7, 11) is 6.69. The maximum Gasteiger partial charge on any atom is 0.253 e. The molecule has 3 rings (SSSR count). The maximum absolute atomic E-state index is 14.4. The molecular weight excluding hydrogens is 308 g/mol.